The third kappa shape index (κ3) is 0.565. The SMILES string of the molecule is O=[C]C1([C]=O)CCC1. The second-order valence-corrected chi connectivity index (χ2v) is 2.14. The molecule has 0 N–H and O–H groups in total. The standard InChI is InChI=1S/C6H6O2/c7-4-6(5-8)2-1-3-6/h1-3H2. The van der Waals surface area contributed by atoms with Gasteiger partial charge >= 0.3 is 0 Å². The van der Waals surface area contributed by atoms with E-state index in [0.717, 1.165) is 6.42 Å². The van der Waals surface area contributed by atoms with E-state index in [9.17, 15) is 9.59 Å². The van der Waals surface area contributed by atoms with E-state index in [1.54, 1.807) is 12.6 Å². The fourth-order valence-corrected chi connectivity index (χ4v) is 0.755. The Kier molecular flexibility index (Phi) is 1.16. The maximum Gasteiger partial charge on any atom is 0.213 e. The first-order valence-corrected chi connectivity index (χ1v) is 2.62. The van der Waals surface area contributed by atoms with Crippen LogP contribution in [0.5, 0.6) is 0 Å². The van der Waals surface area contributed by atoms with Crippen LogP contribution in [0.1, 0.15) is 19.3 Å². The van der Waals surface area contributed by atoms with Crippen molar-refractivity contribution in [2.45, 2.75) is 19.3 Å². The summed E-state index contributed by atoms with van der Waals surface area (Å²) in [7, 11) is 0. The molecule has 0 spiro atoms. The van der Waals surface area contributed by atoms with Crippen LogP contribution in [0.15, 0.2) is 0 Å². The van der Waals surface area contributed by atoms with Crippen LogP contribution in [0.3, 0.4) is 0 Å². The van der Waals surface area contributed by atoms with Crippen molar-refractivity contribution < 1.29 is 9.59 Å². The van der Waals surface area contributed by atoms with Gasteiger partial charge in [0.05, 0.1) is 0 Å². The molecule has 2 heteroatoms. The number of hydrogen-bond donors (Lipinski definition) is 0. The molecule has 42 valence electrons. The van der Waals surface area contributed by atoms with Crippen LogP contribution >= 0.6 is 0 Å². The molecule has 8 heavy (non-hydrogen) atoms. The highest BCUT2D eigenvalue weighted by molar-refractivity contribution is 5.85. The van der Waals surface area contributed by atoms with Crippen molar-refractivity contribution in [3.8, 4) is 0 Å². The lowest BCUT2D eigenvalue weighted by Crippen LogP contribution is -2.32. The minimum absolute atomic E-state index is 0.653. The van der Waals surface area contributed by atoms with E-state index in [1.807, 2.05) is 0 Å². The number of carbonyl (C=O) groups excluding carboxylic acids is 2. The van der Waals surface area contributed by atoms with Crippen molar-refractivity contribution >= 4 is 12.6 Å². The maximum absolute atomic E-state index is 9.95. The summed E-state index contributed by atoms with van der Waals surface area (Å²) in [6.45, 7) is 0. The predicted octanol–water partition coefficient (Wildman–Crippen LogP) is 0.376. The monoisotopic (exact) mass is 110 g/mol. The fraction of sp³-hybridized carbons (Fsp3) is 0.667. The van der Waals surface area contributed by atoms with Gasteiger partial charge in [-0.3, -0.25) is 9.59 Å². The second kappa shape index (κ2) is 1.69. The van der Waals surface area contributed by atoms with Crippen molar-refractivity contribution in [3.63, 3.8) is 0 Å². The van der Waals surface area contributed by atoms with Crippen LogP contribution in [0, 0.1) is 5.41 Å². The van der Waals surface area contributed by atoms with Gasteiger partial charge in [0.15, 0.2) is 0 Å². The Morgan fingerprint density at radius 1 is 1.12 bits per heavy atom. The molecular weight excluding hydrogens is 104 g/mol. The molecule has 0 aromatic carbocycles. The molecule has 0 aromatic rings. The van der Waals surface area contributed by atoms with Gasteiger partial charge in [-0.2, -0.15) is 0 Å². The lowest BCUT2D eigenvalue weighted by Gasteiger charge is -2.28. The molecule has 0 aliphatic heterocycles. The van der Waals surface area contributed by atoms with Crippen molar-refractivity contribution in [2.24, 2.45) is 5.41 Å². The average Bonchev–Trinajstić information content (AvgIpc) is 1.67. The number of rotatable bonds is 2. The summed E-state index contributed by atoms with van der Waals surface area (Å²) in [6.07, 6.45) is 5.65. The summed E-state index contributed by atoms with van der Waals surface area (Å²) in [5.74, 6) is 0. The zero-order valence-electron chi connectivity index (χ0n) is 4.44. The van der Waals surface area contributed by atoms with Crippen molar-refractivity contribution in [1.29, 1.82) is 0 Å². The van der Waals surface area contributed by atoms with E-state index in [0.29, 0.717) is 12.8 Å². The molecule has 0 amide bonds. The normalized spacial score (nSPS) is 23.5. The Morgan fingerprint density at radius 3 is 1.62 bits per heavy atom. The predicted molar refractivity (Wildman–Crippen MR) is 27.7 cm³/mol. The van der Waals surface area contributed by atoms with E-state index in [2.05, 4.69) is 0 Å². The van der Waals surface area contributed by atoms with E-state index < -0.39 is 5.41 Å². The average molecular weight is 110 g/mol. The highest BCUT2D eigenvalue weighted by Crippen LogP contribution is 2.36. The van der Waals surface area contributed by atoms with Crippen LogP contribution in [-0.2, 0) is 9.59 Å². The van der Waals surface area contributed by atoms with Gasteiger partial charge in [-0.15, -0.1) is 0 Å². The molecule has 2 nitrogen and oxygen atoms in total. The van der Waals surface area contributed by atoms with Gasteiger partial charge in [-0.05, 0) is 12.8 Å². The molecular formula is C6H6O2. The van der Waals surface area contributed by atoms with Gasteiger partial charge in [-0.1, -0.05) is 6.42 Å². The molecule has 0 atom stereocenters. The Bertz CT molecular complexity index is 104. The fourth-order valence-electron chi connectivity index (χ4n) is 0.755. The van der Waals surface area contributed by atoms with Gasteiger partial charge in [0.1, 0.15) is 5.41 Å². The summed E-state index contributed by atoms with van der Waals surface area (Å²) in [5.41, 5.74) is -0.806. The van der Waals surface area contributed by atoms with Gasteiger partial charge in [0.25, 0.3) is 0 Å². The van der Waals surface area contributed by atoms with Crippen LogP contribution in [0.4, 0.5) is 0 Å². The topological polar surface area (TPSA) is 34.1 Å². The lowest BCUT2D eigenvalue weighted by atomic mass is 9.71. The molecule has 0 saturated heterocycles. The molecule has 1 aliphatic carbocycles. The summed E-state index contributed by atoms with van der Waals surface area (Å²) in [5, 5.41) is 0. The summed E-state index contributed by atoms with van der Waals surface area (Å²) in [6, 6.07) is 0. The van der Waals surface area contributed by atoms with Gasteiger partial charge in [0.2, 0.25) is 12.6 Å². The zero-order chi connectivity index (χ0) is 6.04. The Morgan fingerprint density at radius 2 is 1.62 bits per heavy atom. The van der Waals surface area contributed by atoms with Crippen LogP contribution < -0.4 is 0 Å². The summed E-state index contributed by atoms with van der Waals surface area (Å²) >= 11 is 0. The summed E-state index contributed by atoms with van der Waals surface area (Å²) < 4.78 is 0. The second-order valence-electron chi connectivity index (χ2n) is 2.14. The lowest BCUT2D eigenvalue weighted by molar-refractivity contribution is 0.302. The first-order chi connectivity index (χ1) is 3.83. The maximum atomic E-state index is 9.95. The van der Waals surface area contributed by atoms with E-state index in [-0.39, 0.29) is 0 Å². The first kappa shape index (κ1) is 5.48. The molecule has 2 radical (unpaired) electrons. The third-order valence-electron chi connectivity index (χ3n) is 1.60. The van der Waals surface area contributed by atoms with Crippen molar-refractivity contribution in [3.05, 3.63) is 0 Å². The Labute approximate surface area is 47.9 Å². The largest absolute Gasteiger partial charge is 0.290 e. The first-order valence-electron chi connectivity index (χ1n) is 2.62. The van der Waals surface area contributed by atoms with E-state index in [4.69, 9.17) is 0 Å². The minimum atomic E-state index is -0.806. The molecule has 1 fully saturated rings. The molecule has 1 saturated carbocycles. The van der Waals surface area contributed by atoms with E-state index >= 15 is 0 Å². The molecule has 0 aromatic heterocycles. The van der Waals surface area contributed by atoms with Crippen molar-refractivity contribution in [2.75, 3.05) is 0 Å². The Hall–Kier alpha value is -0.660. The van der Waals surface area contributed by atoms with Crippen LogP contribution in [0.25, 0.3) is 0 Å². The molecule has 0 bridgehead atoms. The van der Waals surface area contributed by atoms with E-state index in [1.165, 1.54) is 0 Å². The number of hydrogen-bond acceptors (Lipinski definition) is 2. The third-order valence-corrected chi connectivity index (χ3v) is 1.60. The molecule has 0 unspecified atom stereocenters. The zero-order valence-corrected chi connectivity index (χ0v) is 4.44. The smallest absolute Gasteiger partial charge is 0.213 e. The van der Waals surface area contributed by atoms with Gasteiger partial charge < -0.3 is 0 Å². The van der Waals surface area contributed by atoms with Gasteiger partial charge in [0, 0.05) is 0 Å². The quantitative estimate of drug-likeness (QED) is 0.481. The highest BCUT2D eigenvalue weighted by Gasteiger charge is 2.38. The van der Waals surface area contributed by atoms with Crippen LogP contribution in [0.2, 0.25) is 0 Å². The van der Waals surface area contributed by atoms with Crippen molar-refractivity contribution in [1.82, 2.24) is 0 Å². The minimum Gasteiger partial charge on any atom is -0.290 e. The molecule has 1 aliphatic rings. The highest BCUT2D eigenvalue weighted by atomic mass is 16.1. The van der Waals surface area contributed by atoms with Gasteiger partial charge in [-0.25, -0.2) is 0 Å². The molecule has 1 rings (SSSR count). The Balaban J connectivity index is 2.57. The summed E-state index contributed by atoms with van der Waals surface area (Å²) in [4.78, 5) is 19.9. The molecule has 0 heterocycles. The van der Waals surface area contributed by atoms with Crippen LogP contribution in [-0.4, -0.2) is 12.6 Å².